The van der Waals surface area contributed by atoms with Gasteiger partial charge in [0.1, 0.15) is 12.1 Å². The minimum absolute atomic E-state index is 0.00993. The highest BCUT2D eigenvalue weighted by molar-refractivity contribution is 5.99. The lowest BCUT2D eigenvalue weighted by Crippen LogP contribution is -2.52. The third-order valence-corrected chi connectivity index (χ3v) is 7.00. The molecule has 0 aromatic carbocycles. The van der Waals surface area contributed by atoms with Gasteiger partial charge in [-0.2, -0.15) is 0 Å². The number of hydrogen-bond acceptors (Lipinski definition) is 5. The summed E-state index contributed by atoms with van der Waals surface area (Å²) in [6.45, 7) is 5.80. The molecule has 3 amide bonds. The molecule has 3 rings (SSSR count). The summed E-state index contributed by atoms with van der Waals surface area (Å²) in [4.78, 5) is 54.0. The van der Waals surface area contributed by atoms with Crippen molar-refractivity contribution in [3.8, 4) is 0 Å². The Bertz CT molecular complexity index is 704. The Morgan fingerprint density at radius 1 is 1.06 bits per heavy atom. The van der Waals surface area contributed by atoms with Gasteiger partial charge in [-0.25, -0.2) is 0 Å². The van der Waals surface area contributed by atoms with Crippen molar-refractivity contribution in [1.82, 2.24) is 15.1 Å². The predicted octanol–water partition coefficient (Wildman–Crippen LogP) is 1.22. The van der Waals surface area contributed by atoms with Gasteiger partial charge in [0.2, 0.25) is 17.7 Å². The molecule has 2 heterocycles. The Balaban J connectivity index is 1.66. The molecule has 2 saturated heterocycles. The van der Waals surface area contributed by atoms with Crippen LogP contribution in [0.5, 0.6) is 0 Å². The number of ketones is 1. The highest BCUT2D eigenvalue weighted by Gasteiger charge is 2.52. The second-order valence-corrected chi connectivity index (χ2v) is 9.99. The van der Waals surface area contributed by atoms with Crippen LogP contribution in [0.15, 0.2) is 0 Å². The van der Waals surface area contributed by atoms with Crippen LogP contribution in [0.25, 0.3) is 0 Å². The Morgan fingerprint density at radius 3 is 2.35 bits per heavy atom. The summed E-state index contributed by atoms with van der Waals surface area (Å²) in [5.41, 5.74) is 6.28. The number of Topliss-reactive ketones (excluding diaryl/α,β-unsaturated/α-hetero) is 1. The fourth-order valence-electron chi connectivity index (χ4n) is 5.59. The summed E-state index contributed by atoms with van der Waals surface area (Å²) >= 11 is 0. The van der Waals surface area contributed by atoms with Crippen LogP contribution in [0.3, 0.4) is 0 Å². The quantitative estimate of drug-likeness (QED) is 0.625. The Kier molecular flexibility index (Phi) is 7.73. The van der Waals surface area contributed by atoms with Crippen molar-refractivity contribution in [3.63, 3.8) is 0 Å². The van der Waals surface area contributed by atoms with Crippen molar-refractivity contribution in [1.29, 1.82) is 0 Å². The van der Waals surface area contributed by atoms with Crippen molar-refractivity contribution in [2.24, 2.45) is 17.6 Å². The summed E-state index contributed by atoms with van der Waals surface area (Å²) in [6.07, 6.45) is 7.63. The fourth-order valence-corrected chi connectivity index (χ4v) is 5.59. The van der Waals surface area contributed by atoms with Gasteiger partial charge in [-0.05, 0) is 31.1 Å². The highest BCUT2D eigenvalue weighted by Crippen LogP contribution is 2.32. The first-order valence-electron chi connectivity index (χ1n) is 11.8. The van der Waals surface area contributed by atoms with E-state index in [2.05, 4.69) is 5.32 Å². The molecule has 8 nitrogen and oxygen atoms in total. The van der Waals surface area contributed by atoms with Gasteiger partial charge in [-0.15, -0.1) is 0 Å². The van der Waals surface area contributed by atoms with E-state index in [1.165, 1.54) is 26.2 Å². The molecule has 0 aromatic heterocycles. The summed E-state index contributed by atoms with van der Waals surface area (Å²) in [5.74, 6) is -0.0720. The number of rotatable bonds is 7. The zero-order valence-electron chi connectivity index (χ0n) is 19.1. The van der Waals surface area contributed by atoms with E-state index in [0.717, 1.165) is 12.8 Å². The number of likely N-dealkylation sites (tertiary alicyclic amines) is 2. The van der Waals surface area contributed by atoms with Gasteiger partial charge in [0.15, 0.2) is 5.78 Å². The zero-order chi connectivity index (χ0) is 22.7. The monoisotopic (exact) mass is 434 g/mol. The molecule has 3 N–H and O–H groups in total. The number of carbonyl (C=O) groups is 4. The lowest BCUT2D eigenvalue weighted by Gasteiger charge is -2.30. The van der Waals surface area contributed by atoms with E-state index in [4.69, 9.17) is 5.73 Å². The first-order chi connectivity index (χ1) is 14.7. The molecule has 174 valence electrons. The number of nitrogens with two attached hydrogens (primary N) is 1. The Hall–Kier alpha value is -1.96. The van der Waals surface area contributed by atoms with Crippen LogP contribution in [0, 0.1) is 11.8 Å². The van der Waals surface area contributed by atoms with Crippen LogP contribution in [-0.2, 0) is 19.2 Å². The maximum atomic E-state index is 13.2. The minimum atomic E-state index is -0.651. The summed E-state index contributed by atoms with van der Waals surface area (Å²) < 4.78 is 0. The van der Waals surface area contributed by atoms with Gasteiger partial charge >= 0.3 is 0 Å². The minimum Gasteiger partial charge on any atom is -0.345 e. The van der Waals surface area contributed by atoms with E-state index < -0.39 is 18.1 Å². The third kappa shape index (κ3) is 5.45. The largest absolute Gasteiger partial charge is 0.345 e. The van der Waals surface area contributed by atoms with E-state index in [0.29, 0.717) is 31.7 Å². The van der Waals surface area contributed by atoms with E-state index in [-0.39, 0.29) is 42.0 Å². The van der Waals surface area contributed by atoms with Crippen LogP contribution in [0.1, 0.15) is 72.1 Å². The molecule has 2 aliphatic heterocycles. The van der Waals surface area contributed by atoms with Gasteiger partial charge in [-0.3, -0.25) is 19.2 Å². The molecule has 31 heavy (non-hydrogen) atoms. The van der Waals surface area contributed by atoms with Crippen LogP contribution < -0.4 is 11.1 Å². The van der Waals surface area contributed by atoms with E-state index >= 15 is 0 Å². The molecule has 0 aromatic rings. The van der Waals surface area contributed by atoms with Gasteiger partial charge in [0, 0.05) is 13.5 Å². The normalized spacial score (nSPS) is 26.2. The zero-order valence-corrected chi connectivity index (χ0v) is 19.1. The molecule has 3 fully saturated rings. The summed E-state index contributed by atoms with van der Waals surface area (Å²) in [6, 6.07) is -2.17. The lowest BCUT2D eigenvalue weighted by molar-refractivity contribution is -0.138. The smallest absolute Gasteiger partial charge is 0.245 e. The number of nitrogens with zero attached hydrogens (tertiary/aromatic N) is 2. The molecule has 2 unspecified atom stereocenters. The van der Waals surface area contributed by atoms with Gasteiger partial charge in [-0.1, -0.05) is 46.0 Å². The van der Waals surface area contributed by atoms with Crippen molar-refractivity contribution in [2.75, 3.05) is 13.1 Å². The second kappa shape index (κ2) is 10.1. The maximum absolute atomic E-state index is 13.2. The standard InChI is InChI=1S/C23H38N4O4/c1-14(2)11-18(25-15(3)28)23(31)27-13-20(29)21-19(27)9-10-26(21)22(30)17(24)12-16-7-5-4-6-8-16/h14,16-19,21H,4-13,24H2,1-3H3,(H,25,28)/t17-,18-,19?,21?/m0/s1. The second-order valence-electron chi connectivity index (χ2n) is 9.99. The first kappa shape index (κ1) is 23.7. The van der Waals surface area contributed by atoms with Crippen LogP contribution in [0.2, 0.25) is 0 Å². The van der Waals surface area contributed by atoms with E-state index in [1.807, 2.05) is 13.8 Å². The topological polar surface area (TPSA) is 113 Å². The number of amides is 3. The molecule has 8 heteroatoms. The Labute approximate surface area is 185 Å². The molecule has 3 aliphatic rings. The van der Waals surface area contributed by atoms with E-state index in [1.54, 1.807) is 9.80 Å². The molecule has 1 saturated carbocycles. The van der Waals surface area contributed by atoms with Gasteiger partial charge < -0.3 is 20.9 Å². The number of fused-ring (bicyclic) bond motifs is 1. The molecule has 1 aliphatic carbocycles. The molecule has 0 spiro atoms. The number of hydrogen-bond donors (Lipinski definition) is 2. The van der Waals surface area contributed by atoms with Crippen molar-refractivity contribution in [3.05, 3.63) is 0 Å². The van der Waals surface area contributed by atoms with E-state index in [9.17, 15) is 19.2 Å². The molecular weight excluding hydrogens is 396 g/mol. The van der Waals surface area contributed by atoms with Crippen molar-refractivity contribution < 1.29 is 19.2 Å². The first-order valence-corrected chi connectivity index (χ1v) is 11.8. The maximum Gasteiger partial charge on any atom is 0.245 e. The molecule has 4 atom stereocenters. The Morgan fingerprint density at radius 2 is 1.74 bits per heavy atom. The molecular formula is C23H38N4O4. The summed E-state index contributed by atoms with van der Waals surface area (Å²) in [5, 5.41) is 2.74. The van der Waals surface area contributed by atoms with Crippen molar-refractivity contribution in [2.45, 2.75) is 96.3 Å². The predicted molar refractivity (Wildman–Crippen MR) is 117 cm³/mol. The molecule has 0 radical (unpaired) electrons. The fraction of sp³-hybridized carbons (Fsp3) is 0.826. The average molecular weight is 435 g/mol. The summed E-state index contributed by atoms with van der Waals surface area (Å²) in [7, 11) is 0. The number of nitrogens with one attached hydrogen (secondary N) is 1. The lowest BCUT2D eigenvalue weighted by atomic mass is 9.84. The van der Waals surface area contributed by atoms with Crippen LogP contribution in [-0.4, -0.2) is 70.6 Å². The van der Waals surface area contributed by atoms with Crippen molar-refractivity contribution >= 4 is 23.5 Å². The third-order valence-electron chi connectivity index (χ3n) is 7.00. The van der Waals surface area contributed by atoms with Crippen LogP contribution >= 0.6 is 0 Å². The van der Waals surface area contributed by atoms with Gasteiger partial charge in [0.25, 0.3) is 0 Å². The van der Waals surface area contributed by atoms with Crippen LogP contribution in [0.4, 0.5) is 0 Å². The number of carbonyl (C=O) groups excluding carboxylic acids is 4. The molecule has 0 bridgehead atoms. The van der Waals surface area contributed by atoms with Gasteiger partial charge in [0.05, 0.1) is 18.6 Å². The SMILES string of the molecule is CC(=O)N[C@@H](CC(C)C)C(=O)N1CC(=O)C2C1CCN2C(=O)[C@@H](N)CC1CCCCC1. The average Bonchev–Trinajstić information content (AvgIpc) is 3.28. The highest BCUT2D eigenvalue weighted by atomic mass is 16.2.